The SMILES string of the molecule is C[C@H](CCC(O)(CO)C(C)(C)O)[C@H]1CC[C@H]2[C@@H]3CC[C@H]4[C@](C)(C(=O)O)[C@@H](O[C@@H]5O[C@H](CO)[C@@H](O)[C@H](O)[C@H]5O)C[C@H](O)[C@@]45C[C@@]35CC[C@]12C. The maximum absolute atomic E-state index is 13.3. The third-order valence-electron chi connectivity index (χ3n) is 15.7. The van der Waals surface area contributed by atoms with Gasteiger partial charge in [0.2, 0.25) is 0 Å². The summed E-state index contributed by atoms with van der Waals surface area (Å²) in [4.78, 5) is 13.3. The Kier molecular flexibility index (Phi) is 9.26. The molecule has 6 rings (SSSR count). The van der Waals surface area contributed by atoms with E-state index in [9.17, 15) is 50.8 Å². The number of hydrogen-bond donors (Lipinski definition) is 9. The molecular weight excluding hydrogens is 624 g/mol. The number of carbonyl (C=O) groups is 1. The molecule has 0 aromatic carbocycles. The average Bonchev–Trinajstić information content (AvgIpc) is 3.61. The molecular formula is C36H60O12. The second-order valence-electron chi connectivity index (χ2n) is 17.8. The van der Waals surface area contributed by atoms with Crippen molar-refractivity contribution in [3.05, 3.63) is 0 Å². The molecule has 1 heterocycles. The maximum Gasteiger partial charge on any atom is 0.312 e. The number of ether oxygens (including phenoxy) is 2. The first-order valence-electron chi connectivity index (χ1n) is 18.2. The van der Waals surface area contributed by atoms with E-state index in [-0.39, 0.29) is 29.1 Å². The second-order valence-corrected chi connectivity index (χ2v) is 17.8. The number of aliphatic carboxylic acids is 1. The Bertz CT molecular complexity index is 1220. The summed E-state index contributed by atoms with van der Waals surface area (Å²) in [6.07, 6.45) is -2.21. The molecule has 9 N–H and O–H groups in total. The smallest absolute Gasteiger partial charge is 0.312 e. The molecule has 6 fully saturated rings. The molecule has 6 aliphatic rings. The van der Waals surface area contributed by atoms with Crippen LogP contribution in [-0.4, -0.2) is 119 Å². The highest BCUT2D eigenvalue weighted by molar-refractivity contribution is 5.76. The van der Waals surface area contributed by atoms with Gasteiger partial charge in [-0.2, -0.15) is 0 Å². The van der Waals surface area contributed by atoms with Crippen LogP contribution in [0.25, 0.3) is 0 Å². The van der Waals surface area contributed by atoms with Gasteiger partial charge in [-0.05, 0) is 119 Å². The number of carboxylic acids is 1. The number of fused-ring (bicyclic) bond motifs is 2. The van der Waals surface area contributed by atoms with E-state index in [0.29, 0.717) is 37.0 Å². The van der Waals surface area contributed by atoms with Crippen LogP contribution in [-0.2, 0) is 14.3 Å². The van der Waals surface area contributed by atoms with Crippen LogP contribution in [0.4, 0.5) is 0 Å². The van der Waals surface area contributed by atoms with E-state index in [1.807, 2.05) is 0 Å². The molecule has 2 spiro atoms. The molecule has 0 bridgehead atoms. The van der Waals surface area contributed by atoms with Crippen molar-refractivity contribution in [1.82, 2.24) is 0 Å². The Balaban J connectivity index is 1.21. The Morgan fingerprint density at radius 1 is 0.958 bits per heavy atom. The van der Waals surface area contributed by atoms with Gasteiger partial charge in [-0.25, -0.2) is 0 Å². The fourth-order valence-electron chi connectivity index (χ4n) is 12.6. The predicted molar refractivity (Wildman–Crippen MR) is 171 cm³/mol. The van der Waals surface area contributed by atoms with Crippen LogP contribution in [0.2, 0.25) is 0 Å². The van der Waals surface area contributed by atoms with Gasteiger partial charge in [-0.1, -0.05) is 13.8 Å². The molecule has 48 heavy (non-hydrogen) atoms. The summed E-state index contributed by atoms with van der Waals surface area (Å²) < 4.78 is 11.7. The third kappa shape index (κ3) is 4.94. The molecule has 0 amide bonds. The molecule has 12 heteroatoms. The lowest BCUT2D eigenvalue weighted by molar-refractivity contribution is -0.330. The van der Waals surface area contributed by atoms with E-state index in [2.05, 4.69) is 13.8 Å². The molecule has 0 aromatic heterocycles. The minimum Gasteiger partial charge on any atom is -0.481 e. The molecule has 12 nitrogen and oxygen atoms in total. The number of carboxylic acid groups (broad SMARTS) is 1. The van der Waals surface area contributed by atoms with Crippen LogP contribution in [0.15, 0.2) is 0 Å². The Morgan fingerprint density at radius 3 is 2.23 bits per heavy atom. The molecule has 276 valence electrons. The monoisotopic (exact) mass is 684 g/mol. The van der Waals surface area contributed by atoms with Crippen molar-refractivity contribution in [2.24, 2.45) is 51.2 Å². The molecule has 1 aliphatic heterocycles. The van der Waals surface area contributed by atoms with Gasteiger partial charge < -0.3 is 55.4 Å². The van der Waals surface area contributed by atoms with Crippen molar-refractivity contribution in [2.75, 3.05) is 13.2 Å². The normalized spacial score (nSPS) is 51.9. The highest BCUT2D eigenvalue weighted by Crippen LogP contribution is 2.87. The van der Waals surface area contributed by atoms with Gasteiger partial charge in [-0.15, -0.1) is 0 Å². The van der Waals surface area contributed by atoms with Crippen molar-refractivity contribution >= 4 is 5.97 Å². The zero-order valence-electron chi connectivity index (χ0n) is 29.2. The minimum absolute atomic E-state index is 0.0271. The van der Waals surface area contributed by atoms with Crippen LogP contribution < -0.4 is 0 Å². The van der Waals surface area contributed by atoms with Crippen LogP contribution in [0, 0.1) is 51.2 Å². The zero-order chi connectivity index (χ0) is 35.4. The summed E-state index contributed by atoms with van der Waals surface area (Å²) in [6, 6.07) is 0. The number of hydrogen-bond acceptors (Lipinski definition) is 11. The van der Waals surface area contributed by atoms with E-state index in [4.69, 9.17) is 9.47 Å². The summed E-state index contributed by atoms with van der Waals surface area (Å²) in [5, 5.41) is 95.2. The number of rotatable bonds is 10. The fraction of sp³-hybridized carbons (Fsp3) is 0.972. The molecule has 1 saturated heterocycles. The van der Waals surface area contributed by atoms with Crippen LogP contribution >= 0.6 is 0 Å². The van der Waals surface area contributed by atoms with E-state index in [0.717, 1.165) is 38.5 Å². The summed E-state index contributed by atoms with van der Waals surface area (Å²) >= 11 is 0. The quantitative estimate of drug-likeness (QED) is 0.148. The van der Waals surface area contributed by atoms with Crippen LogP contribution in [0.1, 0.15) is 98.8 Å². The van der Waals surface area contributed by atoms with E-state index in [1.165, 1.54) is 13.8 Å². The van der Waals surface area contributed by atoms with Gasteiger partial charge in [0.15, 0.2) is 6.29 Å². The summed E-state index contributed by atoms with van der Waals surface area (Å²) in [6.45, 7) is 8.22. The van der Waals surface area contributed by atoms with E-state index in [1.54, 1.807) is 6.92 Å². The van der Waals surface area contributed by atoms with Crippen molar-refractivity contribution in [2.45, 2.75) is 153 Å². The van der Waals surface area contributed by atoms with Crippen LogP contribution in [0.3, 0.4) is 0 Å². The lowest BCUT2D eigenvalue weighted by Gasteiger charge is -2.60. The van der Waals surface area contributed by atoms with Gasteiger partial charge in [0.1, 0.15) is 30.0 Å². The Hall–Kier alpha value is -0.930. The highest BCUT2D eigenvalue weighted by atomic mass is 16.7. The topological polar surface area (TPSA) is 218 Å². The largest absolute Gasteiger partial charge is 0.481 e. The van der Waals surface area contributed by atoms with Crippen molar-refractivity contribution in [3.63, 3.8) is 0 Å². The molecule has 0 radical (unpaired) electrons. The number of aliphatic hydroxyl groups excluding tert-OH is 6. The average molecular weight is 685 g/mol. The molecule has 5 aliphatic carbocycles. The lowest BCUT2D eigenvalue weighted by Crippen LogP contribution is -2.65. The van der Waals surface area contributed by atoms with Crippen LogP contribution in [0.5, 0.6) is 0 Å². The lowest BCUT2D eigenvalue weighted by atomic mass is 9.45. The third-order valence-corrected chi connectivity index (χ3v) is 15.7. The molecule has 0 aromatic rings. The van der Waals surface area contributed by atoms with Gasteiger partial charge in [-0.3, -0.25) is 4.79 Å². The Morgan fingerprint density at radius 2 is 1.62 bits per heavy atom. The second kappa shape index (κ2) is 12.1. The van der Waals surface area contributed by atoms with Crippen molar-refractivity contribution in [1.29, 1.82) is 0 Å². The first kappa shape index (κ1) is 36.8. The highest BCUT2D eigenvalue weighted by Gasteiger charge is 2.84. The first-order valence-corrected chi connectivity index (χ1v) is 18.2. The van der Waals surface area contributed by atoms with Gasteiger partial charge >= 0.3 is 5.97 Å². The van der Waals surface area contributed by atoms with Crippen molar-refractivity contribution in [3.8, 4) is 0 Å². The molecule has 1 unspecified atom stereocenters. The summed E-state index contributed by atoms with van der Waals surface area (Å²) in [5.41, 5.74) is -5.08. The van der Waals surface area contributed by atoms with Crippen molar-refractivity contribution < 1.29 is 60.2 Å². The zero-order valence-corrected chi connectivity index (χ0v) is 29.2. The first-order chi connectivity index (χ1) is 22.3. The standard InChI is InChI=1S/C36H60O12/c1-18(10-11-35(46,17-38)31(2,3)45)19-6-7-20-21-8-9-23-33(5,30(43)44)25(48-29-28(42)27(41)26(40)22(15-37)47-29)14-24(39)36(23)16-34(21,36)13-12-32(19,20)4/h18-29,37-42,45-46H,6-17H2,1-5H3,(H,43,44)/t18-,19-,20+,21+,22-,23+,24+,25+,26-,27+,28-,29+,32-,33+,34+,35?,36-/m1/s1. The van der Waals surface area contributed by atoms with E-state index < -0.39 is 84.1 Å². The predicted octanol–water partition coefficient (Wildman–Crippen LogP) is 1.17. The maximum atomic E-state index is 13.3. The van der Waals surface area contributed by atoms with Gasteiger partial charge in [0.25, 0.3) is 0 Å². The molecule has 17 atom stereocenters. The number of aliphatic hydroxyl groups is 8. The Labute approximate surface area is 283 Å². The summed E-state index contributed by atoms with van der Waals surface area (Å²) in [7, 11) is 0. The summed E-state index contributed by atoms with van der Waals surface area (Å²) in [5.74, 6) is 0.0419. The minimum atomic E-state index is -1.67. The molecule has 5 saturated carbocycles. The fourth-order valence-corrected chi connectivity index (χ4v) is 12.6. The van der Waals surface area contributed by atoms with Gasteiger partial charge in [0.05, 0.1) is 36.4 Å². The van der Waals surface area contributed by atoms with E-state index >= 15 is 0 Å². The van der Waals surface area contributed by atoms with Gasteiger partial charge in [0, 0.05) is 11.8 Å².